The standard InChI is InChI=1S/C17H22N2O3S/c1-3-22-16(21)14-5-4-10-19(11-14)17(23)18-15-8-6-13(7-9-15)12(2)20/h6-9,14H,3-5,10-11H2,1-2H3,(H,18,23)/t14-/m1/s1. The van der Waals surface area contributed by atoms with Gasteiger partial charge in [-0.15, -0.1) is 0 Å². The van der Waals surface area contributed by atoms with Crippen LogP contribution in [0.4, 0.5) is 5.69 Å². The van der Waals surface area contributed by atoms with E-state index in [0.29, 0.717) is 23.8 Å². The maximum absolute atomic E-state index is 11.9. The molecule has 1 aliphatic rings. The number of benzene rings is 1. The molecule has 1 atom stereocenters. The van der Waals surface area contributed by atoms with Gasteiger partial charge in [-0.05, 0) is 63.2 Å². The monoisotopic (exact) mass is 334 g/mol. The van der Waals surface area contributed by atoms with E-state index in [4.69, 9.17) is 17.0 Å². The summed E-state index contributed by atoms with van der Waals surface area (Å²) >= 11 is 5.44. The Balaban J connectivity index is 1.94. The highest BCUT2D eigenvalue weighted by Crippen LogP contribution is 2.19. The van der Waals surface area contributed by atoms with Crippen molar-refractivity contribution in [1.82, 2.24) is 4.90 Å². The van der Waals surface area contributed by atoms with Crippen LogP contribution in [-0.2, 0) is 9.53 Å². The highest BCUT2D eigenvalue weighted by Gasteiger charge is 2.28. The van der Waals surface area contributed by atoms with Crippen molar-refractivity contribution in [2.75, 3.05) is 25.0 Å². The average molecular weight is 334 g/mol. The van der Waals surface area contributed by atoms with Crippen molar-refractivity contribution < 1.29 is 14.3 Å². The van der Waals surface area contributed by atoms with E-state index < -0.39 is 0 Å². The summed E-state index contributed by atoms with van der Waals surface area (Å²) in [5.74, 6) is -0.234. The fourth-order valence-electron chi connectivity index (χ4n) is 2.60. The molecule has 23 heavy (non-hydrogen) atoms. The Morgan fingerprint density at radius 3 is 2.65 bits per heavy atom. The molecule has 0 aromatic heterocycles. The number of anilines is 1. The highest BCUT2D eigenvalue weighted by atomic mass is 32.1. The van der Waals surface area contributed by atoms with Crippen molar-refractivity contribution in [3.05, 3.63) is 29.8 Å². The van der Waals surface area contributed by atoms with Gasteiger partial charge in [-0.1, -0.05) is 0 Å². The fourth-order valence-corrected chi connectivity index (χ4v) is 2.89. The van der Waals surface area contributed by atoms with Crippen LogP contribution in [0.25, 0.3) is 0 Å². The summed E-state index contributed by atoms with van der Waals surface area (Å²) in [6.07, 6.45) is 1.75. The van der Waals surface area contributed by atoms with Crippen LogP contribution in [0.3, 0.4) is 0 Å². The first-order chi connectivity index (χ1) is 11.0. The highest BCUT2D eigenvalue weighted by molar-refractivity contribution is 7.80. The van der Waals surface area contributed by atoms with Crippen LogP contribution in [-0.4, -0.2) is 41.5 Å². The molecule has 1 aromatic rings. The van der Waals surface area contributed by atoms with Crippen molar-refractivity contribution in [1.29, 1.82) is 0 Å². The molecular formula is C17H22N2O3S. The van der Waals surface area contributed by atoms with Crippen molar-refractivity contribution in [2.24, 2.45) is 5.92 Å². The van der Waals surface area contributed by atoms with E-state index in [9.17, 15) is 9.59 Å². The summed E-state index contributed by atoms with van der Waals surface area (Å²) in [7, 11) is 0. The maximum atomic E-state index is 11.9. The van der Waals surface area contributed by atoms with Crippen LogP contribution in [0.15, 0.2) is 24.3 Å². The van der Waals surface area contributed by atoms with Gasteiger partial charge in [-0.2, -0.15) is 0 Å². The number of hydrogen-bond acceptors (Lipinski definition) is 4. The number of likely N-dealkylation sites (tertiary alicyclic amines) is 1. The molecule has 0 aliphatic carbocycles. The molecule has 2 rings (SSSR count). The normalized spacial score (nSPS) is 17.5. The summed E-state index contributed by atoms with van der Waals surface area (Å²) < 4.78 is 5.10. The maximum Gasteiger partial charge on any atom is 0.310 e. The summed E-state index contributed by atoms with van der Waals surface area (Å²) in [6, 6.07) is 7.20. The number of hydrogen-bond donors (Lipinski definition) is 1. The van der Waals surface area contributed by atoms with E-state index in [-0.39, 0.29) is 17.7 Å². The van der Waals surface area contributed by atoms with E-state index in [2.05, 4.69) is 5.32 Å². The minimum atomic E-state index is -0.147. The SMILES string of the molecule is CCOC(=O)[C@@H]1CCCN(C(=S)Nc2ccc(C(C)=O)cc2)C1. The molecular weight excluding hydrogens is 312 g/mol. The van der Waals surface area contributed by atoms with Crippen LogP contribution >= 0.6 is 12.2 Å². The van der Waals surface area contributed by atoms with E-state index >= 15 is 0 Å². The molecule has 1 heterocycles. The number of ether oxygens (including phenoxy) is 1. The van der Waals surface area contributed by atoms with E-state index in [1.165, 1.54) is 6.92 Å². The van der Waals surface area contributed by atoms with Crippen molar-refractivity contribution in [2.45, 2.75) is 26.7 Å². The van der Waals surface area contributed by atoms with Crippen LogP contribution in [0.1, 0.15) is 37.0 Å². The number of thiocarbonyl (C=S) groups is 1. The Morgan fingerprint density at radius 1 is 1.35 bits per heavy atom. The average Bonchev–Trinajstić information content (AvgIpc) is 2.55. The first-order valence-corrected chi connectivity index (χ1v) is 8.25. The zero-order chi connectivity index (χ0) is 16.8. The number of piperidine rings is 1. The summed E-state index contributed by atoms with van der Waals surface area (Å²) in [5, 5.41) is 3.76. The van der Waals surface area contributed by atoms with E-state index in [1.807, 2.05) is 24.0 Å². The number of esters is 1. The Hall–Kier alpha value is -1.95. The first kappa shape index (κ1) is 17.4. The number of nitrogens with zero attached hydrogens (tertiary/aromatic N) is 1. The summed E-state index contributed by atoms with van der Waals surface area (Å²) in [6.45, 7) is 5.16. The number of carbonyl (C=O) groups excluding carboxylic acids is 2. The van der Waals surface area contributed by atoms with Gasteiger partial charge in [0.25, 0.3) is 0 Å². The number of ketones is 1. The molecule has 1 N–H and O–H groups in total. The lowest BCUT2D eigenvalue weighted by Gasteiger charge is -2.33. The first-order valence-electron chi connectivity index (χ1n) is 7.84. The predicted octanol–water partition coefficient (Wildman–Crippen LogP) is 2.86. The predicted molar refractivity (Wildman–Crippen MR) is 93.6 cm³/mol. The second-order valence-corrected chi connectivity index (χ2v) is 5.99. The Kier molecular flexibility index (Phi) is 6.10. The minimum Gasteiger partial charge on any atom is -0.466 e. The third kappa shape index (κ3) is 4.76. The topological polar surface area (TPSA) is 58.6 Å². The van der Waals surface area contributed by atoms with Gasteiger partial charge in [0.2, 0.25) is 0 Å². The molecule has 0 bridgehead atoms. The second kappa shape index (κ2) is 8.06. The molecule has 0 spiro atoms. The number of nitrogens with one attached hydrogen (secondary N) is 1. The van der Waals surface area contributed by atoms with E-state index in [0.717, 1.165) is 25.1 Å². The second-order valence-electron chi connectivity index (χ2n) is 5.60. The van der Waals surface area contributed by atoms with Crippen LogP contribution in [0.5, 0.6) is 0 Å². The number of rotatable bonds is 4. The van der Waals surface area contributed by atoms with Gasteiger partial charge >= 0.3 is 5.97 Å². The molecule has 1 saturated heterocycles. The summed E-state index contributed by atoms with van der Waals surface area (Å²) in [5.41, 5.74) is 1.50. The van der Waals surface area contributed by atoms with Gasteiger partial charge in [0.1, 0.15) is 0 Å². The molecule has 1 aliphatic heterocycles. The van der Waals surface area contributed by atoms with E-state index in [1.54, 1.807) is 12.1 Å². The summed E-state index contributed by atoms with van der Waals surface area (Å²) in [4.78, 5) is 25.2. The molecule has 6 heteroatoms. The van der Waals surface area contributed by atoms with Crippen LogP contribution < -0.4 is 5.32 Å². The van der Waals surface area contributed by atoms with Crippen molar-refractivity contribution >= 4 is 34.8 Å². The lowest BCUT2D eigenvalue weighted by molar-refractivity contribution is -0.149. The van der Waals surface area contributed by atoms with Gasteiger partial charge in [0.05, 0.1) is 12.5 Å². The molecule has 124 valence electrons. The zero-order valence-electron chi connectivity index (χ0n) is 13.5. The van der Waals surface area contributed by atoms with Crippen molar-refractivity contribution in [3.63, 3.8) is 0 Å². The van der Waals surface area contributed by atoms with Crippen molar-refractivity contribution in [3.8, 4) is 0 Å². The van der Waals surface area contributed by atoms with Gasteiger partial charge < -0.3 is 15.0 Å². The quantitative estimate of drug-likeness (QED) is 0.519. The third-order valence-corrected chi connectivity index (χ3v) is 4.23. The molecule has 0 radical (unpaired) electrons. The largest absolute Gasteiger partial charge is 0.466 e. The molecule has 5 nitrogen and oxygen atoms in total. The lowest BCUT2D eigenvalue weighted by Crippen LogP contribution is -2.44. The number of carbonyl (C=O) groups is 2. The third-order valence-electron chi connectivity index (χ3n) is 3.87. The smallest absolute Gasteiger partial charge is 0.310 e. The molecule has 0 unspecified atom stereocenters. The van der Waals surface area contributed by atoms with Gasteiger partial charge in [0, 0.05) is 24.3 Å². The van der Waals surface area contributed by atoms with Gasteiger partial charge in [-0.3, -0.25) is 9.59 Å². The lowest BCUT2D eigenvalue weighted by atomic mass is 9.98. The van der Waals surface area contributed by atoms with Gasteiger partial charge in [-0.25, -0.2) is 0 Å². The number of Topliss-reactive ketones (excluding diaryl/α,β-unsaturated/α-hetero) is 1. The minimum absolute atomic E-state index is 0.0347. The fraction of sp³-hybridized carbons (Fsp3) is 0.471. The van der Waals surface area contributed by atoms with Crippen LogP contribution in [0.2, 0.25) is 0 Å². The Bertz CT molecular complexity index is 586. The van der Waals surface area contributed by atoms with Gasteiger partial charge in [0.15, 0.2) is 10.9 Å². The Morgan fingerprint density at radius 2 is 2.04 bits per heavy atom. The zero-order valence-corrected chi connectivity index (χ0v) is 14.3. The van der Waals surface area contributed by atoms with Crippen LogP contribution in [0, 0.1) is 5.92 Å². The molecule has 0 saturated carbocycles. The molecule has 1 aromatic carbocycles. The molecule has 1 fully saturated rings. The Labute approximate surface area is 142 Å². The molecule has 0 amide bonds.